The van der Waals surface area contributed by atoms with Crippen LogP contribution in [0.4, 0.5) is 11.6 Å². The first-order chi connectivity index (χ1) is 7.90. The number of aromatic nitrogens is 2. The lowest BCUT2D eigenvalue weighted by Gasteiger charge is -2.20. The van der Waals surface area contributed by atoms with E-state index >= 15 is 0 Å². The summed E-state index contributed by atoms with van der Waals surface area (Å²) < 4.78 is 0. The van der Waals surface area contributed by atoms with Gasteiger partial charge < -0.3 is 16.2 Å². The number of carbonyl (C=O) groups excluding carboxylic acids is 1. The number of nitrogen functional groups attached to an aromatic ring is 1. The molecule has 0 saturated heterocycles. The van der Waals surface area contributed by atoms with Crippen molar-refractivity contribution < 1.29 is 14.7 Å². The molecule has 1 aromatic rings. The van der Waals surface area contributed by atoms with Crippen molar-refractivity contribution in [1.82, 2.24) is 9.97 Å². The largest absolute Gasteiger partial charge is 0.475 e. The van der Waals surface area contributed by atoms with Crippen LogP contribution in [0, 0.1) is 0 Å². The summed E-state index contributed by atoms with van der Waals surface area (Å²) in [5.74, 6) is -1.70. The van der Waals surface area contributed by atoms with Gasteiger partial charge in [0.15, 0.2) is 0 Å². The number of carboxylic acids is 1. The van der Waals surface area contributed by atoms with Crippen molar-refractivity contribution in [1.29, 1.82) is 0 Å². The predicted octanol–water partition coefficient (Wildman–Crippen LogP) is 0.377. The SMILES string of the molecule is CCC1(C)C(=O)Nc2nc(C(=O)O)nc(N)c21. The highest BCUT2D eigenvalue weighted by Gasteiger charge is 2.44. The normalized spacial score (nSPS) is 22.1. The number of rotatable bonds is 2. The minimum atomic E-state index is -1.28. The Labute approximate surface area is 97.1 Å². The van der Waals surface area contributed by atoms with Crippen LogP contribution in [-0.2, 0) is 10.2 Å². The number of carboxylic acid groups (broad SMARTS) is 1. The zero-order valence-corrected chi connectivity index (χ0v) is 9.44. The number of hydrogen-bond acceptors (Lipinski definition) is 5. The lowest BCUT2D eigenvalue weighted by atomic mass is 9.82. The van der Waals surface area contributed by atoms with E-state index < -0.39 is 17.2 Å². The topological polar surface area (TPSA) is 118 Å². The molecule has 0 bridgehead atoms. The van der Waals surface area contributed by atoms with E-state index in [1.807, 2.05) is 6.92 Å². The molecular formula is C10H12N4O3. The minimum Gasteiger partial charge on any atom is -0.475 e. The molecule has 0 fully saturated rings. The molecule has 0 aliphatic carbocycles. The number of carbonyl (C=O) groups is 2. The summed E-state index contributed by atoms with van der Waals surface area (Å²) in [4.78, 5) is 30.1. The van der Waals surface area contributed by atoms with E-state index in [0.29, 0.717) is 12.0 Å². The molecule has 1 atom stereocenters. The molecule has 4 N–H and O–H groups in total. The number of amides is 1. The van der Waals surface area contributed by atoms with Gasteiger partial charge in [-0.2, -0.15) is 0 Å². The third-order valence-electron chi connectivity index (χ3n) is 3.12. The van der Waals surface area contributed by atoms with Crippen LogP contribution in [0.15, 0.2) is 0 Å². The summed E-state index contributed by atoms with van der Waals surface area (Å²) in [6.07, 6.45) is 0.534. The van der Waals surface area contributed by atoms with Crippen LogP contribution in [0.3, 0.4) is 0 Å². The van der Waals surface area contributed by atoms with Gasteiger partial charge in [-0.3, -0.25) is 4.79 Å². The maximum Gasteiger partial charge on any atom is 0.374 e. The van der Waals surface area contributed by atoms with Gasteiger partial charge in [0.25, 0.3) is 0 Å². The molecular weight excluding hydrogens is 224 g/mol. The fourth-order valence-electron chi connectivity index (χ4n) is 1.90. The average molecular weight is 236 g/mol. The lowest BCUT2D eigenvalue weighted by Crippen LogP contribution is -2.30. The molecule has 1 aromatic heterocycles. The fraction of sp³-hybridized carbons (Fsp3) is 0.400. The zero-order chi connectivity index (χ0) is 12.8. The smallest absolute Gasteiger partial charge is 0.374 e. The van der Waals surface area contributed by atoms with Crippen molar-refractivity contribution in [3.63, 3.8) is 0 Å². The standard InChI is InChI=1S/C10H12N4O3/c1-3-10(2)4-5(11)12-7(8(15)16)13-6(4)14-9(10)17/h3H2,1-2H3,(H,15,16)(H3,11,12,13,14,17). The summed E-state index contributed by atoms with van der Waals surface area (Å²) in [5.41, 5.74) is 5.40. The molecule has 90 valence electrons. The Bertz CT molecular complexity index is 529. The second-order valence-electron chi connectivity index (χ2n) is 4.10. The van der Waals surface area contributed by atoms with Crippen LogP contribution < -0.4 is 11.1 Å². The van der Waals surface area contributed by atoms with Gasteiger partial charge in [-0.1, -0.05) is 6.92 Å². The number of hydrogen-bond donors (Lipinski definition) is 3. The van der Waals surface area contributed by atoms with E-state index in [1.165, 1.54) is 0 Å². The molecule has 1 aliphatic rings. The molecule has 1 aliphatic heterocycles. The predicted molar refractivity (Wildman–Crippen MR) is 59.7 cm³/mol. The quantitative estimate of drug-likeness (QED) is 0.683. The number of nitrogens with zero attached hydrogens (tertiary/aromatic N) is 2. The third kappa shape index (κ3) is 1.42. The molecule has 7 heteroatoms. The van der Waals surface area contributed by atoms with Gasteiger partial charge in [-0.05, 0) is 13.3 Å². The highest BCUT2D eigenvalue weighted by atomic mass is 16.4. The summed E-state index contributed by atoms with van der Waals surface area (Å²) in [7, 11) is 0. The molecule has 2 heterocycles. The zero-order valence-electron chi connectivity index (χ0n) is 9.44. The van der Waals surface area contributed by atoms with Crippen LogP contribution in [0.1, 0.15) is 36.5 Å². The third-order valence-corrected chi connectivity index (χ3v) is 3.12. The highest BCUT2D eigenvalue weighted by Crippen LogP contribution is 2.41. The van der Waals surface area contributed by atoms with Gasteiger partial charge in [0, 0.05) is 0 Å². The Morgan fingerprint density at radius 2 is 2.18 bits per heavy atom. The summed E-state index contributed by atoms with van der Waals surface area (Å²) in [5, 5.41) is 11.3. The molecule has 0 saturated carbocycles. The van der Waals surface area contributed by atoms with E-state index in [0.717, 1.165) is 0 Å². The molecule has 7 nitrogen and oxygen atoms in total. The van der Waals surface area contributed by atoms with Gasteiger partial charge in [0.2, 0.25) is 11.7 Å². The van der Waals surface area contributed by atoms with Crippen molar-refractivity contribution in [2.45, 2.75) is 25.7 Å². The van der Waals surface area contributed by atoms with E-state index in [1.54, 1.807) is 6.92 Å². The van der Waals surface area contributed by atoms with Gasteiger partial charge in [0.1, 0.15) is 11.6 Å². The van der Waals surface area contributed by atoms with E-state index in [9.17, 15) is 9.59 Å². The molecule has 0 aromatic carbocycles. The monoisotopic (exact) mass is 236 g/mol. The van der Waals surface area contributed by atoms with Crippen molar-refractivity contribution in [2.24, 2.45) is 0 Å². The molecule has 17 heavy (non-hydrogen) atoms. The number of nitrogens with two attached hydrogens (primary N) is 1. The maximum atomic E-state index is 11.8. The van der Waals surface area contributed by atoms with Gasteiger partial charge in [-0.25, -0.2) is 14.8 Å². The summed E-state index contributed by atoms with van der Waals surface area (Å²) >= 11 is 0. The minimum absolute atomic E-state index is 0.0371. The molecule has 0 spiro atoms. The van der Waals surface area contributed by atoms with Crippen molar-refractivity contribution in [2.75, 3.05) is 11.1 Å². The molecule has 2 rings (SSSR count). The summed E-state index contributed by atoms with van der Waals surface area (Å²) in [6, 6.07) is 0. The second kappa shape index (κ2) is 3.41. The van der Waals surface area contributed by atoms with Crippen LogP contribution in [0.5, 0.6) is 0 Å². The van der Waals surface area contributed by atoms with Crippen LogP contribution in [0.25, 0.3) is 0 Å². The van der Waals surface area contributed by atoms with Crippen molar-refractivity contribution in [3.05, 3.63) is 11.4 Å². The first-order valence-electron chi connectivity index (χ1n) is 5.13. The lowest BCUT2D eigenvalue weighted by molar-refractivity contribution is -0.120. The van der Waals surface area contributed by atoms with Crippen molar-refractivity contribution >= 4 is 23.5 Å². The average Bonchev–Trinajstić information content (AvgIpc) is 2.52. The van der Waals surface area contributed by atoms with Gasteiger partial charge in [0.05, 0.1) is 11.0 Å². The number of fused-ring (bicyclic) bond motifs is 1. The highest BCUT2D eigenvalue weighted by molar-refractivity contribution is 6.06. The Morgan fingerprint density at radius 1 is 1.53 bits per heavy atom. The molecule has 1 unspecified atom stereocenters. The number of anilines is 2. The second-order valence-corrected chi connectivity index (χ2v) is 4.10. The summed E-state index contributed by atoms with van der Waals surface area (Å²) in [6.45, 7) is 3.58. The Morgan fingerprint density at radius 3 is 2.71 bits per heavy atom. The first-order valence-corrected chi connectivity index (χ1v) is 5.13. The number of aromatic carboxylic acids is 1. The van der Waals surface area contributed by atoms with Crippen LogP contribution in [0.2, 0.25) is 0 Å². The fourth-order valence-corrected chi connectivity index (χ4v) is 1.90. The van der Waals surface area contributed by atoms with Crippen molar-refractivity contribution in [3.8, 4) is 0 Å². The van der Waals surface area contributed by atoms with E-state index in [4.69, 9.17) is 10.8 Å². The Hall–Kier alpha value is -2.18. The Balaban J connectivity index is 2.67. The van der Waals surface area contributed by atoms with E-state index in [-0.39, 0.29) is 17.5 Å². The maximum absolute atomic E-state index is 11.8. The van der Waals surface area contributed by atoms with Gasteiger partial charge >= 0.3 is 5.97 Å². The van der Waals surface area contributed by atoms with Crippen LogP contribution >= 0.6 is 0 Å². The van der Waals surface area contributed by atoms with E-state index in [2.05, 4.69) is 15.3 Å². The Kier molecular flexibility index (Phi) is 2.27. The first kappa shape index (κ1) is 11.3. The number of nitrogens with one attached hydrogen (secondary N) is 1. The molecule has 1 amide bonds. The molecule has 0 radical (unpaired) electrons. The van der Waals surface area contributed by atoms with Crippen LogP contribution in [-0.4, -0.2) is 27.0 Å². The van der Waals surface area contributed by atoms with Gasteiger partial charge in [-0.15, -0.1) is 0 Å².